The number of nitrogens with zero attached hydrogens (tertiary/aromatic N) is 4. The summed E-state index contributed by atoms with van der Waals surface area (Å²) in [6.07, 6.45) is 1.81. The molecule has 3 N–H and O–H groups in total. The minimum Gasteiger partial charge on any atom is -0.344 e. The van der Waals surface area contributed by atoms with Crippen LogP contribution in [-0.2, 0) is 27.3 Å². The Morgan fingerprint density at radius 2 is 1.77 bits per heavy atom. The van der Waals surface area contributed by atoms with Gasteiger partial charge < -0.3 is 20.9 Å². The van der Waals surface area contributed by atoms with E-state index in [-0.39, 0.29) is 49.0 Å². The van der Waals surface area contributed by atoms with Gasteiger partial charge in [0.25, 0.3) is 5.91 Å². The lowest BCUT2D eigenvalue weighted by molar-refractivity contribution is -0.139. The van der Waals surface area contributed by atoms with Gasteiger partial charge in [-0.3, -0.25) is 28.8 Å². The van der Waals surface area contributed by atoms with Crippen LogP contribution >= 0.6 is 0 Å². The van der Waals surface area contributed by atoms with Crippen molar-refractivity contribution in [1.82, 2.24) is 30.2 Å². The van der Waals surface area contributed by atoms with E-state index < -0.39 is 23.7 Å². The average molecular weight is 544 g/mol. The van der Waals surface area contributed by atoms with Gasteiger partial charge in [-0.1, -0.05) is 13.0 Å². The van der Waals surface area contributed by atoms with Crippen molar-refractivity contribution in [1.29, 1.82) is 0 Å². The maximum absolute atomic E-state index is 14.9. The van der Waals surface area contributed by atoms with E-state index >= 15 is 0 Å². The molecule has 1 aliphatic heterocycles. The molecule has 0 radical (unpaired) electrons. The zero-order valence-electron chi connectivity index (χ0n) is 23.2. The molecule has 1 aromatic carbocycles. The van der Waals surface area contributed by atoms with Gasteiger partial charge in [0.05, 0.1) is 12.2 Å². The quantitative estimate of drug-likeness (QED) is 0.416. The number of halogens is 1. The first-order chi connectivity index (χ1) is 18.5. The molecule has 39 heavy (non-hydrogen) atoms. The second-order valence-corrected chi connectivity index (χ2v) is 9.86. The van der Waals surface area contributed by atoms with E-state index in [1.807, 2.05) is 27.8 Å². The summed E-state index contributed by atoms with van der Waals surface area (Å²) in [6.45, 7) is 8.86. The number of likely N-dealkylation sites (N-methyl/N-ethyl adjacent to an activating group) is 1. The van der Waals surface area contributed by atoms with E-state index in [1.54, 1.807) is 24.0 Å². The van der Waals surface area contributed by atoms with Crippen LogP contribution in [-0.4, -0.2) is 88.0 Å². The normalized spacial score (nSPS) is 18.4. The first-order valence-corrected chi connectivity index (χ1v) is 13.2. The lowest BCUT2D eigenvalue weighted by atomic mass is 10.0. The highest BCUT2D eigenvalue weighted by atomic mass is 19.1. The third kappa shape index (κ3) is 7.62. The lowest BCUT2D eigenvalue weighted by Crippen LogP contribution is -2.60. The Morgan fingerprint density at radius 3 is 2.38 bits per heavy atom. The Bertz CT molecular complexity index is 1190. The Hall–Kier alpha value is -3.80. The molecule has 1 aromatic heterocycles. The van der Waals surface area contributed by atoms with Gasteiger partial charge in [0.1, 0.15) is 17.6 Å². The van der Waals surface area contributed by atoms with Crippen molar-refractivity contribution in [3.8, 4) is 0 Å². The molecule has 0 saturated carbocycles. The number of carbonyl (C=O) groups is 4. The smallest absolute Gasteiger partial charge is 0.269 e. The number of aromatic nitrogens is 2. The lowest BCUT2D eigenvalue weighted by Gasteiger charge is -2.43. The van der Waals surface area contributed by atoms with E-state index in [0.717, 1.165) is 0 Å². The van der Waals surface area contributed by atoms with Gasteiger partial charge >= 0.3 is 0 Å². The summed E-state index contributed by atoms with van der Waals surface area (Å²) in [5, 5.41) is 11.7. The van der Waals surface area contributed by atoms with Crippen molar-refractivity contribution in [3.05, 3.63) is 47.5 Å². The molecule has 12 heteroatoms. The van der Waals surface area contributed by atoms with Crippen molar-refractivity contribution in [2.24, 2.45) is 0 Å². The second kappa shape index (κ2) is 13.3. The maximum Gasteiger partial charge on any atom is 0.269 e. The molecule has 3 atom stereocenters. The van der Waals surface area contributed by atoms with E-state index in [0.29, 0.717) is 30.9 Å². The molecular weight excluding hydrogens is 505 g/mol. The predicted molar refractivity (Wildman–Crippen MR) is 144 cm³/mol. The minimum atomic E-state index is -0.841. The van der Waals surface area contributed by atoms with Gasteiger partial charge in [0.2, 0.25) is 17.7 Å². The molecule has 0 bridgehead atoms. The molecule has 1 saturated heterocycles. The number of hydrogen-bond acceptors (Lipinski definition) is 6. The number of hydrogen-bond donors (Lipinski definition) is 3. The highest BCUT2D eigenvalue weighted by Crippen LogP contribution is 2.19. The van der Waals surface area contributed by atoms with Gasteiger partial charge in [-0.05, 0) is 51.6 Å². The molecule has 2 heterocycles. The van der Waals surface area contributed by atoms with E-state index in [1.165, 1.54) is 23.0 Å². The third-order valence-electron chi connectivity index (χ3n) is 7.03. The number of nitrogens with one attached hydrogen (secondary N) is 3. The number of benzene rings is 1. The van der Waals surface area contributed by atoms with Crippen molar-refractivity contribution in [2.75, 3.05) is 32.0 Å². The molecule has 0 aliphatic carbocycles. The van der Waals surface area contributed by atoms with E-state index in [9.17, 15) is 23.6 Å². The molecule has 4 amide bonds. The maximum atomic E-state index is 14.9. The summed E-state index contributed by atoms with van der Waals surface area (Å²) < 4.78 is 16.4. The molecule has 2 aromatic rings. The number of piperazine rings is 1. The molecule has 3 unspecified atom stereocenters. The summed E-state index contributed by atoms with van der Waals surface area (Å²) in [5.41, 5.74) is 0.760. The molecule has 1 fully saturated rings. The molecule has 212 valence electrons. The number of rotatable bonds is 10. The molecule has 11 nitrogen and oxygen atoms in total. The molecule has 1 aliphatic rings. The number of carbonyl (C=O) groups excluding carboxylic acids is 4. The fraction of sp³-hybridized carbons (Fsp3) is 0.519. The third-order valence-corrected chi connectivity index (χ3v) is 7.03. The van der Waals surface area contributed by atoms with Gasteiger partial charge in [-0.15, -0.1) is 0 Å². The van der Waals surface area contributed by atoms with Gasteiger partial charge in [0.15, 0.2) is 0 Å². The second-order valence-electron chi connectivity index (χ2n) is 9.86. The monoisotopic (exact) mass is 543 g/mol. The van der Waals surface area contributed by atoms with Crippen LogP contribution in [0.25, 0.3) is 0 Å². The Morgan fingerprint density at radius 1 is 1.08 bits per heavy atom. The van der Waals surface area contributed by atoms with Crippen molar-refractivity contribution in [2.45, 2.75) is 65.2 Å². The van der Waals surface area contributed by atoms with Crippen LogP contribution in [0, 0.1) is 5.82 Å². The van der Waals surface area contributed by atoms with Gasteiger partial charge in [-0.25, -0.2) is 4.39 Å². The van der Waals surface area contributed by atoms with Crippen LogP contribution in [0.4, 0.5) is 10.1 Å². The summed E-state index contributed by atoms with van der Waals surface area (Å²) in [5.74, 6) is -2.22. The molecule has 0 spiro atoms. The number of anilines is 1. The summed E-state index contributed by atoms with van der Waals surface area (Å²) in [7, 11) is 2.02. The summed E-state index contributed by atoms with van der Waals surface area (Å²) in [4.78, 5) is 54.2. The van der Waals surface area contributed by atoms with Crippen molar-refractivity contribution < 1.29 is 23.6 Å². The minimum absolute atomic E-state index is 0.0567. The SMILES string of the molecule is CCC(=O)NC(Cc1ccc(NC(=O)CNC(=O)c2ccnn2CC)c(F)c1)C(=O)N1CC(C)N(C)C(C)C1. The average Bonchev–Trinajstić information content (AvgIpc) is 3.40. The van der Waals surface area contributed by atoms with Crippen LogP contribution in [0.2, 0.25) is 0 Å². The van der Waals surface area contributed by atoms with Gasteiger partial charge in [0, 0.05) is 50.8 Å². The standard InChI is InChI=1S/C27H38FN7O4/c1-6-24(36)32-22(27(39)34-15-17(3)33(5)18(4)16-34)13-19-8-9-21(20(28)12-19)31-25(37)14-29-26(38)23-10-11-30-35(23)7-2/h8-12,17-18,22H,6-7,13-16H2,1-5H3,(H,29,38)(H,31,37)(H,32,36). The van der Waals surface area contributed by atoms with Crippen LogP contribution in [0.1, 0.15) is 50.2 Å². The zero-order chi connectivity index (χ0) is 28.7. The highest BCUT2D eigenvalue weighted by molar-refractivity contribution is 5.98. The van der Waals surface area contributed by atoms with Crippen LogP contribution < -0.4 is 16.0 Å². The topological polar surface area (TPSA) is 129 Å². The summed E-state index contributed by atoms with van der Waals surface area (Å²) >= 11 is 0. The Balaban J connectivity index is 1.64. The van der Waals surface area contributed by atoms with Gasteiger partial charge in [-0.2, -0.15) is 5.10 Å². The first-order valence-electron chi connectivity index (χ1n) is 13.2. The van der Waals surface area contributed by atoms with E-state index in [4.69, 9.17) is 0 Å². The highest BCUT2D eigenvalue weighted by Gasteiger charge is 2.33. The van der Waals surface area contributed by atoms with Crippen LogP contribution in [0.5, 0.6) is 0 Å². The predicted octanol–water partition coefficient (Wildman–Crippen LogP) is 1.40. The summed E-state index contributed by atoms with van der Waals surface area (Å²) in [6, 6.07) is 5.28. The van der Waals surface area contributed by atoms with Crippen LogP contribution in [0.3, 0.4) is 0 Å². The van der Waals surface area contributed by atoms with Crippen LogP contribution in [0.15, 0.2) is 30.5 Å². The Labute approximate surface area is 228 Å². The zero-order valence-corrected chi connectivity index (χ0v) is 23.2. The molecular formula is C27H38FN7O4. The largest absolute Gasteiger partial charge is 0.344 e. The van der Waals surface area contributed by atoms with E-state index in [2.05, 4.69) is 25.9 Å². The number of amides is 4. The first kappa shape index (κ1) is 29.8. The van der Waals surface area contributed by atoms with Crippen molar-refractivity contribution >= 4 is 29.3 Å². The fourth-order valence-corrected chi connectivity index (χ4v) is 4.55. The molecule has 3 rings (SSSR count). The fourth-order valence-electron chi connectivity index (χ4n) is 4.55. The Kier molecular flexibility index (Phi) is 10.2. The number of aryl methyl sites for hydroxylation is 1. The van der Waals surface area contributed by atoms with Crippen molar-refractivity contribution in [3.63, 3.8) is 0 Å².